The van der Waals surface area contributed by atoms with Gasteiger partial charge < -0.3 is 4.74 Å². The number of aryl methyl sites for hydroxylation is 1. The van der Waals surface area contributed by atoms with Crippen LogP contribution in [0, 0.1) is 6.92 Å². The van der Waals surface area contributed by atoms with Crippen molar-refractivity contribution in [2.24, 2.45) is 4.99 Å². The Kier molecular flexibility index (Phi) is 5.64. The van der Waals surface area contributed by atoms with Crippen molar-refractivity contribution in [2.75, 3.05) is 7.11 Å². The molecule has 3 nitrogen and oxygen atoms in total. The zero-order chi connectivity index (χ0) is 18.5. The first-order chi connectivity index (χ1) is 12.6. The third-order valence-electron chi connectivity index (χ3n) is 3.99. The lowest BCUT2D eigenvalue weighted by molar-refractivity contribution is 0.103. The van der Waals surface area contributed by atoms with E-state index in [0.29, 0.717) is 16.8 Å². The van der Waals surface area contributed by atoms with Crippen LogP contribution in [0.1, 0.15) is 27.0 Å². The predicted molar refractivity (Wildman–Crippen MR) is 109 cm³/mol. The highest BCUT2D eigenvalue weighted by molar-refractivity contribution is 9.10. The second-order valence-electron chi connectivity index (χ2n) is 5.89. The summed E-state index contributed by atoms with van der Waals surface area (Å²) < 4.78 is 6.00. The molecule has 0 radical (unpaired) electrons. The molecule has 0 amide bonds. The van der Waals surface area contributed by atoms with Crippen molar-refractivity contribution in [3.8, 4) is 5.75 Å². The summed E-state index contributed by atoms with van der Waals surface area (Å²) in [7, 11) is 1.63. The topological polar surface area (TPSA) is 38.7 Å². The average Bonchev–Trinajstić information content (AvgIpc) is 2.67. The van der Waals surface area contributed by atoms with Gasteiger partial charge in [0.05, 0.1) is 12.8 Å². The SMILES string of the molecule is COc1ccc(C=Nc2ccc(Br)cc2C(=O)c2ccc(C)cc2)cc1. The van der Waals surface area contributed by atoms with Gasteiger partial charge in [0, 0.05) is 21.8 Å². The molecule has 3 aromatic rings. The smallest absolute Gasteiger partial charge is 0.195 e. The molecule has 0 saturated carbocycles. The van der Waals surface area contributed by atoms with E-state index in [1.165, 1.54) is 0 Å². The summed E-state index contributed by atoms with van der Waals surface area (Å²) in [6.45, 7) is 2.00. The number of hydrogen-bond acceptors (Lipinski definition) is 3. The number of halogens is 1. The number of ketones is 1. The van der Waals surface area contributed by atoms with Crippen molar-refractivity contribution in [1.29, 1.82) is 0 Å². The monoisotopic (exact) mass is 407 g/mol. The fourth-order valence-corrected chi connectivity index (χ4v) is 2.86. The fraction of sp³-hybridized carbons (Fsp3) is 0.0909. The molecule has 0 aromatic heterocycles. The number of ether oxygens (including phenoxy) is 1. The summed E-state index contributed by atoms with van der Waals surface area (Å²) in [6.07, 6.45) is 1.74. The van der Waals surface area contributed by atoms with Gasteiger partial charge in [0.25, 0.3) is 0 Å². The van der Waals surface area contributed by atoms with Crippen LogP contribution in [0.3, 0.4) is 0 Å². The van der Waals surface area contributed by atoms with Crippen molar-refractivity contribution >= 4 is 33.6 Å². The summed E-state index contributed by atoms with van der Waals surface area (Å²) in [5, 5.41) is 0. The number of methoxy groups -OCH3 is 1. The van der Waals surface area contributed by atoms with Crippen molar-refractivity contribution < 1.29 is 9.53 Å². The van der Waals surface area contributed by atoms with Crippen LogP contribution in [0.2, 0.25) is 0 Å². The Morgan fingerprint density at radius 3 is 2.35 bits per heavy atom. The molecule has 0 aliphatic heterocycles. The van der Waals surface area contributed by atoms with E-state index in [1.807, 2.05) is 73.7 Å². The quantitative estimate of drug-likeness (QED) is 0.399. The fourth-order valence-electron chi connectivity index (χ4n) is 2.50. The lowest BCUT2D eigenvalue weighted by Gasteiger charge is -2.07. The molecule has 0 aliphatic rings. The first kappa shape index (κ1) is 18.1. The first-order valence-electron chi connectivity index (χ1n) is 8.16. The van der Waals surface area contributed by atoms with Crippen molar-refractivity contribution in [3.63, 3.8) is 0 Å². The standard InChI is InChI=1S/C22H18BrNO2/c1-15-3-7-17(8-4-15)22(25)20-13-18(23)9-12-21(20)24-14-16-5-10-19(26-2)11-6-16/h3-14H,1-2H3. The molecule has 0 heterocycles. The minimum atomic E-state index is -0.0480. The lowest BCUT2D eigenvalue weighted by Crippen LogP contribution is -2.02. The molecule has 0 unspecified atom stereocenters. The van der Waals surface area contributed by atoms with Gasteiger partial charge in [-0.3, -0.25) is 9.79 Å². The van der Waals surface area contributed by atoms with Crippen LogP contribution in [0.4, 0.5) is 5.69 Å². The Bertz CT molecular complexity index is 945. The Labute approximate surface area is 161 Å². The number of nitrogens with zero attached hydrogens (tertiary/aromatic N) is 1. The van der Waals surface area contributed by atoms with Gasteiger partial charge in [-0.2, -0.15) is 0 Å². The van der Waals surface area contributed by atoms with E-state index in [9.17, 15) is 4.79 Å². The van der Waals surface area contributed by atoms with E-state index < -0.39 is 0 Å². The molecule has 3 rings (SSSR count). The van der Waals surface area contributed by atoms with Crippen molar-refractivity contribution in [3.05, 3.63) is 93.5 Å². The average molecular weight is 408 g/mol. The van der Waals surface area contributed by atoms with Crippen molar-refractivity contribution in [1.82, 2.24) is 0 Å². The molecule has 0 N–H and O–H groups in total. The molecule has 4 heteroatoms. The summed E-state index contributed by atoms with van der Waals surface area (Å²) in [4.78, 5) is 17.4. The second kappa shape index (κ2) is 8.11. The summed E-state index contributed by atoms with van der Waals surface area (Å²) in [5.41, 5.74) is 3.90. The van der Waals surface area contributed by atoms with Crippen LogP contribution >= 0.6 is 15.9 Å². The summed E-state index contributed by atoms with van der Waals surface area (Å²) in [5.74, 6) is 0.745. The molecular weight excluding hydrogens is 390 g/mol. The van der Waals surface area contributed by atoms with Gasteiger partial charge in [-0.1, -0.05) is 45.8 Å². The van der Waals surface area contributed by atoms with Gasteiger partial charge in [0.2, 0.25) is 0 Å². The number of rotatable bonds is 5. The van der Waals surface area contributed by atoms with Gasteiger partial charge in [-0.25, -0.2) is 0 Å². The number of aliphatic imine (C=N–C) groups is 1. The predicted octanol–water partition coefficient (Wildman–Crippen LogP) is 5.75. The Morgan fingerprint density at radius 1 is 1.00 bits per heavy atom. The van der Waals surface area contributed by atoms with Gasteiger partial charge in [0.1, 0.15) is 5.75 Å². The molecule has 0 spiro atoms. The van der Waals surface area contributed by atoms with Crippen LogP contribution in [0.25, 0.3) is 0 Å². The molecular formula is C22H18BrNO2. The van der Waals surface area contributed by atoms with Crippen LogP contribution in [-0.2, 0) is 0 Å². The molecule has 0 aliphatic carbocycles. The highest BCUT2D eigenvalue weighted by atomic mass is 79.9. The van der Waals surface area contributed by atoms with E-state index in [4.69, 9.17) is 4.74 Å². The second-order valence-corrected chi connectivity index (χ2v) is 6.80. The van der Waals surface area contributed by atoms with Gasteiger partial charge in [-0.15, -0.1) is 0 Å². The van der Waals surface area contributed by atoms with Crippen LogP contribution in [-0.4, -0.2) is 19.1 Å². The van der Waals surface area contributed by atoms with E-state index in [2.05, 4.69) is 20.9 Å². The van der Waals surface area contributed by atoms with E-state index in [1.54, 1.807) is 13.3 Å². The maximum atomic E-state index is 12.9. The van der Waals surface area contributed by atoms with Gasteiger partial charge in [-0.05, 0) is 55.0 Å². The molecule has 0 saturated heterocycles. The lowest BCUT2D eigenvalue weighted by atomic mass is 10.0. The van der Waals surface area contributed by atoms with Crippen LogP contribution < -0.4 is 4.74 Å². The number of carbonyl (C=O) groups excluding carboxylic acids is 1. The molecule has 0 fully saturated rings. The molecule has 0 atom stereocenters. The first-order valence-corrected chi connectivity index (χ1v) is 8.95. The van der Waals surface area contributed by atoms with Crippen LogP contribution in [0.5, 0.6) is 5.75 Å². The molecule has 0 bridgehead atoms. The maximum absolute atomic E-state index is 12.9. The highest BCUT2D eigenvalue weighted by Crippen LogP contribution is 2.26. The molecule has 130 valence electrons. The summed E-state index contributed by atoms with van der Waals surface area (Å²) >= 11 is 3.44. The minimum absolute atomic E-state index is 0.0480. The van der Waals surface area contributed by atoms with Crippen molar-refractivity contribution in [2.45, 2.75) is 6.92 Å². The highest BCUT2D eigenvalue weighted by Gasteiger charge is 2.14. The van der Waals surface area contributed by atoms with E-state index >= 15 is 0 Å². The zero-order valence-corrected chi connectivity index (χ0v) is 16.2. The van der Waals surface area contributed by atoms with Gasteiger partial charge in [0.15, 0.2) is 5.78 Å². The minimum Gasteiger partial charge on any atom is -0.497 e. The third kappa shape index (κ3) is 4.27. The summed E-state index contributed by atoms with van der Waals surface area (Å²) in [6, 6.07) is 20.7. The third-order valence-corrected chi connectivity index (χ3v) is 4.48. The van der Waals surface area contributed by atoms with Crippen LogP contribution in [0.15, 0.2) is 76.2 Å². The number of carbonyl (C=O) groups is 1. The Balaban J connectivity index is 1.93. The van der Waals surface area contributed by atoms with Gasteiger partial charge >= 0.3 is 0 Å². The normalized spacial score (nSPS) is 10.9. The Hall–Kier alpha value is -2.72. The molecule has 3 aromatic carbocycles. The largest absolute Gasteiger partial charge is 0.497 e. The maximum Gasteiger partial charge on any atom is 0.195 e. The van der Waals surface area contributed by atoms with E-state index in [-0.39, 0.29) is 5.78 Å². The van der Waals surface area contributed by atoms with E-state index in [0.717, 1.165) is 21.3 Å². The Morgan fingerprint density at radius 2 is 1.69 bits per heavy atom. The number of hydrogen-bond donors (Lipinski definition) is 0. The molecule has 26 heavy (non-hydrogen) atoms. The zero-order valence-electron chi connectivity index (χ0n) is 14.6. The number of benzene rings is 3.